The minimum absolute atomic E-state index is 0.125. The Hall–Kier alpha value is -4.06. The first kappa shape index (κ1) is 24.6. The third kappa shape index (κ3) is 4.26. The molecule has 2 heterocycles. The molecule has 6 heteroatoms. The van der Waals surface area contributed by atoms with Gasteiger partial charge in [-0.25, -0.2) is 10.0 Å². The van der Waals surface area contributed by atoms with E-state index in [-0.39, 0.29) is 11.8 Å². The van der Waals surface area contributed by atoms with Crippen LogP contribution in [0.25, 0.3) is 0 Å². The quantitative estimate of drug-likeness (QED) is 0.433. The molecular weight excluding hydrogens is 460 g/mol. The van der Waals surface area contributed by atoms with Gasteiger partial charge in [0.2, 0.25) is 0 Å². The van der Waals surface area contributed by atoms with Crippen molar-refractivity contribution in [3.63, 3.8) is 0 Å². The van der Waals surface area contributed by atoms with E-state index in [4.69, 9.17) is 10.2 Å². The number of hydrogen-bond donors (Lipinski definition) is 0. The van der Waals surface area contributed by atoms with Crippen molar-refractivity contribution < 1.29 is 9.59 Å². The van der Waals surface area contributed by atoms with E-state index in [1.807, 2.05) is 108 Å². The van der Waals surface area contributed by atoms with Crippen molar-refractivity contribution in [3.05, 3.63) is 94.5 Å². The molecule has 0 aromatic heterocycles. The van der Waals surface area contributed by atoms with Crippen LogP contribution in [-0.2, 0) is 9.59 Å². The van der Waals surface area contributed by atoms with Gasteiger partial charge < -0.3 is 0 Å². The number of carbonyl (C=O) groups is 2. The number of rotatable bonds is 5. The fraction of sp³-hybridized carbons (Fsp3) is 0.290. The van der Waals surface area contributed by atoms with Gasteiger partial charge in [-0.2, -0.15) is 10.2 Å². The summed E-state index contributed by atoms with van der Waals surface area (Å²) >= 11 is 0. The molecule has 0 bridgehead atoms. The molecule has 2 atom stereocenters. The van der Waals surface area contributed by atoms with Crippen molar-refractivity contribution in [2.75, 3.05) is 10.0 Å². The summed E-state index contributed by atoms with van der Waals surface area (Å²) in [6.07, 6.45) is 0. The molecule has 2 amide bonds. The SMILES string of the molecule is CC1=NN(c2ccc(C)c(C)c2)C(=O)[C@@H]1C(c1ccccc1)[C@H]1C(=O)N(c2ccc(C)c(C)c2)N=C1C. The van der Waals surface area contributed by atoms with Gasteiger partial charge in [-0.1, -0.05) is 42.5 Å². The Morgan fingerprint density at radius 2 is 1.03 bits per heavy atom. The molecule has 2 aliphatic heterocycles. The van der Waals surface area contributed by atoms with Gasteiger partial charge in [0.25, 0.3) is 11.8 Å². The second-order valence-corrected chi connectivity index (χ2v) is 10.2. The van der Waals surface area contributed by atoms with Crippen LogP contribution in [0.5, 0.6) is 0 Å². The maximum Gasteiger partial charge on any atom is 0.256 e. The summed E-state index contributed by atoms with van der Waals surface area (Å²) in [7, 11) is 0. The fourth-order valence-corrected chi connectivity index (χ4v) is 5.32. The summed E-state index contributed by atoms with van der Waals surface area (Å²) in [6.45, 7) is 11.9. The van der Waals surface area contributed by atoms with E-state index in [0.717, 1.165) is 39.2 Å². The number of carbonyl (C=O) groups excluding carboxylic acids is 2. The Morgan fingerprint density at radius 3 is 1.43 bits per heavy atom. The van der Waals surface area contributed by atoms with Gasteiger partial charge in [-0.3, -0.25) is 9.59 Å². The average Bonchev–Trinajstić information content (AvgIpc) is 3.34. The Morgan fingerprint density at radius 1 is 0.595 bits per heavy atom. The van der Waals surface area contributed by atoms with Crippen LogP contribution in [0.15, 0.2) is 76.9 Å². The molecule has 3 aromatic rings. The van der Waals surface area contributed by atoms with E-state index in [1.54, 1.807) is 0 Å². The van der Waals surface area contributed by atoms with Crippen LogP contribution < -0.4 is 10.0 Å². The summed E-state index contributed by atoms with van der Waals surface area (Å²) in [4.78, 5) is 28.0. The first-order chi connectivity index (χ1) is 17.7. The summed E-state index contributed by atoms with van der Waals surface area (Å²) < 4.78 is 0. The Balaban J connectivity index is 1.55. The van der Waals surface area contributed by atoms with Crippen molar-refractivity contribution in [1.82, 2.24) is 0 Å². The maximum atomic E-state index is 14.0. The molecule has 0 aliphatic carbocycles. The predicted molar refractivity (Wildman–Crippen MR) is 149 cm³/mol. The van der Waals surface area contributed by atoms with Crippen molar-refractivity contribution in [1.29, 1.82) is 0 Å². The van der Waals surface area contributed by atoms with E-state index in [0.29, 0.717) is 11.4 Å². The lowest BCUT2D eigenvalue weighted by Crippen LogP contribution is -2.40. The van der Waals surface area contributed by atoms with Gasteiger partial charge in [0.05, 0.1) is 23.2 Å². The number of anilines is 2. The van der Waals surface area contributed by atoms with E-state index in [1.165, 1.54) is 10.0 Å². The van der Waals surface area contributed by atoms with Crippen LogP contribution in [0.4, 0.5) is 11.4 Å². The van der Waals surface area contributed by atoms with Crippen LogP contribution in [0.3, 0.4) is 0 Å². The number of nitrogens with zero attached hydrogens (tertiary/aromatic N) is 4. The minimum Gasteiger partial charge on any atom is -0.272 e. The Kier molecular flexibility index (Phi) is 6.28. The predicted octanol–water partition coefficient (Wildman–Crippen LogP) is 6.08. The van der Waals surface area contributed by atoms with Crippen molar-refractivity contribution >= 4 is 34.6 Å². The first-order valence-corrected chi connectivity index (χ1v) is 12.6. The van der Waals surface area contributed by atoms with E-state index < -0.39 is 17.8 Å². The Bertz CT molecular complexity index is 1370. The molecule has 0 saturated carbocycles. The van der Waals surface area contributed by atoms with Crippen LogP contribution in [0, 0.1) is 39.5 Å². The molecule has 0 fully saturated rings. The van der Waals surface area contributed by atoms with Crippen LogP contribution in [-0.4, -0.2) is 23.2 Å². The first-order valence-electron chi connectivity index (χ1n) is 12.6. The Labute approximate surface area is 218 Å². The number of hydrazone groups is 2. The topological polar surface area (TPSA) is 65.3 Å². The van der Waals surface area contributed by atoms with Crippen molar-refractivity contribution in [2.24, 2.45) is 22.0 Å². The van der Waals surface area contributed by atoms with Crippen LogP contribution >= 0.6 is 0 Å². The molecule has 0 saturated heterocycles. The zero-order chi connectivity index (χ0) is 26.4. The smallest absolute Gasteiger partial charge is 0.256 e. The van der Waals surface area contributed by atoms with Gasteiger partial charge in [-0.05, 0) is 93.6 Å². The van der Waals surface area contributed by atoms with Gasteiger partial charge in [0.15, 0.2) is 0 Å². The highest BCUT2D eigenvalue weighted by Crippen LogP contribution is 2.42. The second-order valence-electron chi connectivity index (χ2n) is 10.2. The molecule has 37 heavy (non-hydrogen) atoms. The highest BCUT2D eigenvalue weighted by atomic mass is 16.2. The molecule has 0 unspecified atom stereocenters. The molecule has 0 radical (unpaired) electrons. The summed E-state index contributed by atoms with van der Waals surface area (Å²) in [5.74, 6) is -1.84. The summed E-state index contributed by atoms with van der Waals surface area (Å²) in [6, 6.07) is 21.6. The molecule has 6 nitrogen and oxygen atoms in total. The lowest BCUT2D eigenvalue weighted by molar-refractivity contribution is -0.122. The molecule has 3 aromatic carbocycles. The monoisotopic (exact) mass is 492 g/mol. The summed E-state index contributed by atoms with van der Waals surface area (Å²) in [5.41, 5.74) is 8.30. The molecular formula is C31H32N4O2. The van der Waals surface area contributed by atoms with Gasteiger partial charge in [0.1, 0.15) is 0 Å². The number of amides is 2. The average molecular weight is 493 g/mol. The van der Waals surface area contributed by atoms with Crippen LogP contribution in [0.2, 0.25) is 0 Å². The third-order valence-electron chi connectivity index (χ3n) is 7.74. The van der Waals surface area contributed by atoms with Crippen molar-refractivity contribution in [3.8, 4) is 0 Å². The molecule has 5 rings (SSSR count). The normalized spacial score (nSPS) is 19.6. The van der Waals surface area contributed by atoms with Gasteiger partial charge >= 0.3 is 0 Å². The van der Waals surface area contributed by atoms with Crippen LogP contribution in [0.1, 0.15) is 47.6 Å². The van der Waals surface area contributed by atoms with Gasteiger partial charge in [-0.15, -0.1) is 0 Å². The molecule has 188 valence electrons. The van der Waals surface area contributed by atoms with E-state index >= 15 is 0 Å². The molecule has 0 spiro atoms. The minimum atomic E-state index is -0.581. The molecule has 2 aliphatic rings. The number of benzene rings is 3. The molecule has 0 N–H and O–H groups in total. The lowest BCUT2D eigenvalue weighted by Gasteiger charge is -2.28. The van der Waals surface area contributed by atoms with E-state index in [9.17, 15) is 9.59 Å². The number of hydrogen-bond acceptors (Lipinski definition) is 4. The highest BCUT2D eigenvalue weighted by molar-refractivity contribution is 6.19. The fourth-order valence-electron chi connectivity index (χ4n) is 5.32. The van der Waals surface area contributed by atoms with Crippen molar-refractivity contribution in [2.45, 2.75) is 47.5 Å². The lowest BCUT2D eigenvalue weighted by atomic mass is 9.73. The zero-order valence-electron chi connectivity index (χ0n) is 22.2. The largest absolute Gasteiger partial charge is 0.272 e. The summed E-state index contributed by atoms with van der Waals surface area (Å²) in [5, 5.41) is 12.4. The van der Waals surface area contributed by atoms with E-state index in [2.05, 4.69) is 0 Å². The standard InChI is InChI=1S/C31H32N4O2/c1-18-12-14-25(16-20(18)3)34-30(36)27(22(5)32-34)29(24-10-8-7-9-11-24)28-23(6)33-35(31(28)37)26-15-13-19(2)21(4)17-26/h7-17,27-29H,1-6H3/t27-,28-/m0/s1. The zero-order valence-corrected chi connectivity index (χ0v) is 22.2. The maximum absolute atomic E-state index is 14.0. The highest BCUT2D eigenvalue weighted by Gasteiger charge is 2.50. The number of aryl methyl sites for hydroxylation is 4. The van der Waals surface area contributed by atoms with Gasteiger partial charge in [0, 0.05) is 17.3 Å². The second kappa shape index (κ2) is 9.43. The third-order valence-corrected chi connectivity index (χ3v) is 7.74.